The smallest absolute Gasteiger partial charge is 0.135 e. The monoisotopic (exact) mass is 269 g/mol. The van der Waals surface area contributed by atoms with E-state index >= 15 is 0 Å². The number of benzene rings is 1. The summed E-state index contributed by atoms with van der Waals surface area (Å²) in [4.78, 5) is 0. The molecule has 1 aromatic rings. The molecule has 3 nitrogen and oxygen atoms in total. The Morgan fingerprint density at radius 2 is 2.06 bits per heavy atom. The molecule has 4 heteroatoms. The lowest BCUT2D eigenvalue weighted by atomic mass is 10.2. The van der Waals surface area contributed by atoms with Crippen LogP contribution >= 0.6 is 12.4 Å². The number of nitrogens with one attached hydrogen (secondary N) is 1. The molecule has 0 amide bonds. The summed E-state index contributed by atoms with van der Waals surface area (Å²) in [5.74, 6) is 3.18. The molecule has 18 heavy (non-hydrogen) atoms. The van der Waals surface area contributed by atoms with E-state index in [1.807, 2.05) is 32.0 Å². The third-order valence-corrected chi connectivity index (χ3v) is 2.24. The van der Waals surface area contributed by atoms with Gasteiger partial charge in [-0.05, 0) is 12.1 Å². The largest absolute Gasteiger partial charge is 0.490 e. The zero-order chi connectivity index (χ0) is 12.7. The predicted octanol–water partition coefficient (Wildman–Crippen LogP) is 1.83. The maximum Gasteiger partial charge on any atom is 0.135 e. The van der Waals surface area contributed by atoms with Crippen molar-refractivity contribution in [1.29, 1.82) is 0 Å². The fourth-order valence-corrected chi connectivity index (χ4v) is 1.33. The number of terminal acetylenes is 1. The molecule has 0 saturated carbocycles. The second kappa shape index (κ2) is 8.82. The van der Waals surface area contributed by atoms with Gasteiger partial charge in [0, 0.05) is 12.6 Å². The Balaban J connectivity index is 0.00000289. The standard InChI is InChI=1S/C14H19NO2.ClH/c1-4-12-7-5-6-8-14(12)17-10-13(16)9-15-11(2)3;/h1,5-8,11,13,15-16H,9-10H2,2-3H3;1H. The van der Waals surface area contributed by atoms with E-state index in [2.05, 4.69) is 11.2 Å². The van der Waals surface area contributed by atoms with Crippen molar-refractivity contribution >= 4 is 12.4 Å². The molecule has 1 unspecified atom stereocenters. The second-order valence-electron chi connectivity index (χ2n) is 4.17. The van der Waals surface area contributed by atoms with Crippen LogP contribution in [0.1, 0.15) is 19.4 Å². The average Bonchev–Trinajstić information content (AvgIpc) is 2.34. The van der Waals surface area contributed by atoms with Gasteiger partial charge < -0.3 is 15.2 Å². The highest BCUT2D eigenvalue weighted by atomic mass is 35.5. The van der Waals surface area contributed by atoms with Crippen LogP contribution in [-0.4, -0.2) is 30.4 Å². The molecular weight excluding hydrogens is 250 g/mol. The van der Waals surface area contributed by atoms with Gasteiger partial charge in [0.05, 0.1) is 5.56 Å². The van der Waals surface area contributed by atoms with E-state index < -0.39 is 6.10 Å². The first-order valence-corrected chi connectivity index (χ1v) is 5.73. The van der Waals surface area contributed by atoms with Gasteiger partial charge in [0.15, 0.2) is 0 Å². The first kappa shape index (κ1) is 16.8. The highest BCUT2D eigenvalue weighted by molar-refractivity contribution is 5.85. The highest BCUT2D eigenvalue weighted by Gasteiger charge is 2.07. The van der Waals surface area contributed by atoms with Gasteiger partial charge in [0.25, 0.3) is 0 Å². The van der Waals surface area contributed by atoms with Gasteiger partial charge in [-0.3, -0.25) is 0 Å². The fraction of sp³-hybridized carbons (Fsp3) is 0.429. The molecule has 0 aromatic heterocycles. The molecule has 1 aromatic carbocycles. The van der Waals surface area contributed by atoms with Crippen LogP contribution in [0.4, 0.5) is 0 Å². The Morgan fingerprint density at radius 3 is 2.67 bits per heavy atom. The van der Waals surface area contributed by atoms with E-state index in [0.717, 1.165) is 0 Å². The molecule has 0 aliphatic rings. The number of halogens is 1. The fourth-order valence-electron chi connectivity index (χ4n) is 1.33. The summed E-state index contributed by atoms with van der Waals surface area (Å²) in [5, 5.41) is 12.8. The topological polar surface area (TPSA) is 41.5 Å². The molecule has 0 radical (unpaired) electrons. The summed E-state index contributed by atoms with van der Waals surface area (Å²) in [7, 11) is 0. The highest BCUT2D eigenvalue weighted by Crippen LogP contribution is 2.16. The molecule has 2 N–H and O–H groups in total. The molecule has 1 atom stereocenters. The number of aliphatic hydroxyl groups is 1. The summed E-state index contributed by atoms with van der Waals surface area (Å²) < 4.78 is 5.49. The predicted molar refractivity (Wildman–Crippen MR) is 76.3 cm³/mol. The Kier molecular flexibility index (Phi) is 8.23. The quantitative estimate of drug-likeness (QED) is 0.774. The lowest BCUT2D eigenvalue weighted by molar-refractivity contribution is 0.104. The third kappa shape index (κ3) is 5.92. The minimum Gasteiger partial charge on any atom is -0.490 e. The molecule has 0 aliphatic carbocycles. The van der Waals surface area contributed by atoms with Crippen molar-refractivity contribution < 1.29 is 9.84 Å². The molecular formula is C14H20ClNO2. The van der Waals surface area contributed by atoms with Crippen molar-refractivity contribution in [3.63, 3.8) is 0 Å². The first-order chi connectivity index (χ1) is 8.13. The van der Waals surface area contributed by atoms with Gasteiger partial charge in [-0.15, -0.1) is 18.8 Å². The van der Waals surface area contributed by atoms with Crippen LogP contribution in [0.15, 0.2) is 24.3 Å². The second-order valence-corrected chi connectivity index (χ2v) is 4.17. The maximum atomic E-state index is 9.68. The van der Waals surface area contributed by atoms with Crippen molar-refractivity contribution in [3.8, 4) is 18.1 Å². The number of hydrogen-bond donors (Lipinski definition) is 2. The molecule has 0 fully saturated rings. The van der Waals surface area contributed by atoms with Crippen molar-refractivity contribution in [2.45, 2.75) is 26.0 Å². The van der Waals surface area contributed by atoms with Crippen molar-refractivity contribution in [3.05, 3.63) is 29.8 Å². The molecule has 0 heterocycles. The number of aliphatic hydroxyl groups excluding tert-OH is 1. The number of ether oxygens (including phenoxy) is 1. The van der Waals surface area contributed by atoms with Crippen LogP contribution in [0.2, 0.25) is 0 Å². The molecule has 0 bridgehead atoms. The van der Waals surface area contributed by atoms with E-state index in [1.165, 1.54) is 0 Å². The Bertz CT molecular complexity index is 388. The van der Waals surface area contributed by atoms with Crippen molar-refractivity contribution in [2.24, 2.45) is 0 Å². The summed E-state index contributed by atoms with van der Waals surface area (Å²) in [5.41, 5.74) is 0.705. The zero-order valence-corrected chi connectivity index (χ0v) is 11.5. The van der Waals surface area contributed by atoms with Crippen LogP contribution in [0.25, 0.3) is 0 Å². The Labute approximate surface area is 115 Å². The minimum atomic E-state index is -0.539. The summed E-state index contributed by atoms with van der Waals surface area (Å²) in [6.07, 6.45) is 4.81. The molecule has 1 rings (SSSR count). The first-order valence-electron chi connectivity index (χ1n) is 5.73. The zero-order valence-electron chi connectivity index (χ0n) is 10.7. The third-order valence-electron chi connectivity index (χ3n) is 2.24. The van der Waals surface area contributed by atoms with Gasteiger partial charge in [-0.25, -0.2) is 0 Å². The van der Waals surface area contributed by atoms with Gasteiger partial charge >= 0.3 is 0 Å². The van der Waals surface area contributed by atoms with E-state index in [9.17, 15) is 5.11 Å². The molecule has 0 spiro atoms. The van der Waals surface area contributed by atoms with Crippen LogP contribution in [0.3, 0.4) is 0 Å². The summed E-state index contributed by atoms with van der Waals surface area (Å²) in [6, 6.07) is 7.68. The molecule has 0 aliphatic heterocycles. The van der Waals surface area contributed by atoms with Gasteiger partial charge in [-0.1, -0.05) is 31.9 Å². The van der Waals surface area contributed by atoms with E-state index in [1.54, 1.807) is 6.07 Å². The van der Waals surface area contributed by atoms with Crippen LogP contribution in [0, 0.1) is 12.3 Å². The van der Waals surface area contributed by atoms with Crippen LogP contribution in [0.5, 0.6) is 5.75 Å². The summed E-state index contributed by atoms with van der Waals surface area (Å²) >= 11 is 0. The van der Waals surface area contributed by atoms with Gasteiger partial charge in [0.1, 0.15) is 18.5 Å². The van der Waals surface area contributed by atoms with E-state index in [4.69, 9.17) is 11.2 Å². The van der Waals surface area contributed by atoms with Crippen molar-refractivity contribution in [2.75, 3.05) is 13.2 Å². The summed E-state index contributed by atoms with van der Waals surface area (Å²) in [6.45, 7) is 4.80. The molecule has 100 valence electrons. The van der Waals surface area contributed by atoms with Crippen LogP contribution < -0.4 is 10.1 Å². The normalized spacial score (nSPS) is 11.5. The SMILES string of the molecule is C#Cc1ccccc1OCC(O)CNC(C)C.Cl. The number of para-hydroxylation sites is 1. The average molecular weight is 270 g/mol. The van der Waals surface area contributed by atoms with Gasteiger partial charge in [-0.2, -0.15) is 0 Å². The van der Waals surface area contributed by atoms with E-state index in [-0.39, 0.29) is 19.0 Å². The Morgan fingerprint density at radius 1 is 1.39 bits per heavy atom. The minimum absolute atomic E-state index is 0. The lowest BCUT2D eigenvalue weighted by Gasteiger charge is -2.15. The Hall–Kier alpha value is -1.21. The van der Waals surface area contributed by atoms with Gasteiger partial charge in [0.2, 0.25) is 0 Å². The maximum absolute atomic E-state index is 9.68. The van der Waals surface area contributed by atoms with Crippen LogP contribution in [-0.2, 0) is 0 Å². The lowest BCUT2D eigenvalue weighted by Crippen LogP contribution is -2.35. The number of hydrogen-bond acceptors (Lipinski definition) is 3. The molecule has 0 saturated heterocycles. The number of rotatable bonds is 6. The van der Waals surface area contributed by atoms with E-state index in [0.29, 0.717) is 23.9 Å². The van der Waals surface area contributed by atoms with Crippen molar-refractivity contribution in [1.82, 2.24) is 5.32 Å².